The number of aromatic nitrogens is 1. The number of hydrogen-bond donors (Lipinski definition) is 1. The molecule has 18 heavy (non-hydrogen) atoms. The fourth-order valence-electron chi connectivity index (χ4n) is 2.93. The van der Waals surface area contributed by atoms with Gasteiger partial charge in [-0.15, -0.1) is 11.3 Å². The highest BCUT2D eigenvalue weighted by Crippen LogP contribution is 2.37. The Morgan fingerprint density at radius 2 is 2.00 bits per heavy atom. The van der Waals surface area contributed by atoms with E-state index >= 15 is 0 Å². The molecule has 1 fully saturated rings. The second-order valence-corrected chi connectivity index (χ2v) is 7.32. The minimum atomic E-state index is 0.492. The van der Waals surface area contributed by atoms with Gasteiger partial charge in [0.25, 0.3) is 0 Å². The number of nitrogens with zero attached hydrogens (tertiary/aromatic N) is 1. The normalized spacial score (nSPS) is 25.3. The molecule has 0 spiro atoms. The van der Waals surface area contributed by atoms with Crippen molar-refractivity contribution < 1.29 is 0 Å². The summed E-state index contributed by atoms with van der Waals surface area (Å²) in [6.07, 6.45) is 6.54. The molecule has 3 heteroatoms. The molecule has 2 rings (SSSR count). The van der Waals surface area contributed by atoms with Crippen molar-refractivity contribution in [3.8, 4) is 0 Å². The van der Waals surface area contributed by atoms with Gasteiger partial charge in [-0.05, 0) is 37.0 Å². The highest BCUT2D eigenvalue weighted by Gasteiger charge is 2.29. The molecule has 1 aromatic heterocycles. The van der Waals surface area contributed by atoms with E-state index in [1.54, 1.807) is 11.3 Å². The van der Waals surface area contributed by atoms with E-state index in [0.29, 0.717) is 5.41 Å². The van der Waals surface area contributed by atoms with Crippen LogP contribution in [0.2, 0.25) is 0 Å². The molecular weight excluding hydrogens is 240 g/mol. The zero-order valence-electron chi connectivity index (χ0n) is 11.9. The first kappa shape index (κ1) is 14.0. The highest BCUT2D eigenvalue weighted by molar-refractivity contribution is 7.07. The van der Waals surface area contributed by atoms with Crippen LogP contribution in [0.15, 0.2) is 10.9 Å². The predicted molar refractivity (Wildman–Crippen MR) is 79.0 cm³/mol. The van der Waals surface area contributed by atoms with Crippen LogP contribution in [-0.4, -0.2) is 17.6 Å². The molecule has 102 valence electrons. The maximum atomic E-state index is 4.32. The van der Waals surface area contributed by atoms with Crippen LogP contribution in [0, 0.1) is 11.3 Å². The quantitative estimate of drug-likeness (QED) is 0.894. The van der Waals surface area contributed by atoms with Gasteiger partial charge in [0.1, 0.15) is 0 Å². The van der Waals surface area contributed by atoms with Crippen molar-refractivity contribution in [1.29, 1.82) is 0 Å². The van der Waals surface area contributed by atoms with Gasteiger partial charge in [-0.2, -0.15) is 0 Å². The number of nitrogens with one attached hydrogen (secondary N) is 1. The van der Waals surface area contributed by atoms with Crippen molar-refractivity contribution >= 4 is 11.3 Å². The molecule has 1 aliphatic rings. The SMILES string of the molecule is CC(C)(C)C1CCC(NCCc2cscn2)CC1. The van der Waals surface area contributed by atoms with E-state index in [1.807, 2.05) is 5.51 Å². The van der Waals surface area contributed by atoms with Crippen molar-refractivity contribution in [2.24, 2.45) is 11.3 Å². The minimum Gasteiger partial charge on any atom is -0.314 e. The topological polar surface area (TPSA) is 24.9 Å². The van der Waals surface area contributed by atoms with Gasteiger partial charge in [0.2, 0.25) is 0 Å². The molecule has 0 radical (unpaired) electrons. The lowest BCUT2D eigenvalue weighted by Gasteiger charge is -2.37. The van der Waals surface area contributed by atoms with Gasteiger partial charge in [0, 0.05) is 24.4 Å². The fraction of sp³-hybridized carbons (Fsp3) is 0.800. The van der Waals surface area contributed by atoms with Gasteiger partial charge in [0.05, 0.1) is 11.2 Å². The second-order valence-electron chi connectivity index (χ2n) is 6.60. The average molecular weight is 266 g/mol. The standard InChI is InChI=1S/C15H26N2S/c1-15(2,3)12-4-6-13(7-5-12)16-9-8-14-10-18-11-17-14/h10-13,16H,4-9H2,1-3H3. The molecule has 0 unspecified atom stereocenters. The first-order valence-electron chi connectivity index (χ1n) is 7.16. The second kappa shape index (κ2) is 6.16. The molecule has 0 amide bonds. The summed E-state index contributed by atoms with van der Waals surface area (Å²) in [7, 11) is 0. The Kier molecular flexibility index (Phi) is 4.79. The van der Waals surface area contributed by atoms with E-state index in [4.69, 9.17) is 0 Å². The minimum absolute atomic E-state index is 0.492. The van der Waals surface area contributed by atoms with E-state index < -0.39 is 0 Å². The third kappa shape index (κ3) is 4.06. The molecular formula is C15H26N2S. The van der Waals surface area contributed by atoms with Crippen LogP contribution in [0.25, 0.3) is 0 Å². The summed E-state index contributed by atoms with van der Waals surface area (Å²) >= 11 is 1.69. The van der Waals surface area contributed by atoms with E-state index in [-0.39, 0.29) is 0 Å². The molecule has 1 N–H and O–H groups in total. The van der Waals surface area contributed by atoms with Gasteiger partial charge < -0.3 is 5.32 Å². The smallest absolute Gasteiger partial charge is 0.0794 e. The highest BCUT2D eigenvalue weighted by atomic mass is 32.1. The zero-order chi connectivity index (χ0) is 13.0. The molecule has 1 saturated carbocycles. The van der Waals surface area contributed by atoms with E-state index in [1.165, 1.54) is 31.4 Å². The van der Waals surface area contributed by atoms with Crippen LogP contribution in [0.5, 0.6) is 0 Å². The lowest BCUT2D eigenvalue weighted by Crippen LogP contribution is -2.37. The summed E-state index contributed by atoms with van der Waals surface area (Å²) in [4.78, 5) is 4.32. The molecule has 1 heterocycles. The lowest BCUT2D eigenvalue weighted by molar-refractivity contribution is 0.160. The van der Waals surface area contributed by atoms with Crippen LogP contribution in [0.4, 0.5) is 0 Å². The van der Waals surface area contributed by atoms with Crippen LogP contribution < -0.4 is 5.32 Å². The van der Waals surface area contributed by atoms with Gasteiger partial charge in [-0.3, -0.25) is 0 Å². The average Bonchev–Trinajstić information content (AvgIpc) is 2.82. The summed E-state index contributed by atoms with van der Waals surface area (Å²) in [6, 6.07) is 0.738. The molecule has 0 aliphatic heterocycles. The third-order valence-electron chi connectivity index (χ3n) is 4.25. The molecule has 0 atom stereocenters. The maximum Gasteiger partial charge on any atom is 0.0794 e. The Bertz CT molecular complexity index is 332. The van der Waals surface area contributed by atoms with Crippen LogP contribution >= 0.6 is 11.3 Å². The van der Waals surface area contributed by atoms with Gasteiger partial charge in [-0.1, -0.05) is 20.8 Å². The molecule has 0 bridgehead atoms. The summed E-state index contributed by atoms with van der Waals surface area (Å²) in [6.45, 7) is 8.23. The Labute approximate surface area is 115 Å². The van der Waals surface area contributed by atoms with Crippen LogP contribution in [0.1, 0.15) is 52.1 Å². The van der Waals surface area contributed by atoms with Gasteiger partial charge in [-0.25, -0.2) is 4.98 Å². The third-order valence-corrected chi connectivity index (χ3v) is 4.88. The summed E-state index contributed by atoms with van der Waals surface area (Å²) in [5, 5.41) is 5.85. The Balaban J connectivity index is 1.65. The maximum absolute atomic E-state index is 4.32. The Morgan fingerprint density at radius 1 is 1.28 bits per heavy atom. The van der Waals surface area contributed by atoms with Crippen molar-refractivity contribution in [3.05, 3.63) is 16.6 Å². The molecule has 1 aromatic rings. The van der Waals surface area contributed by atoms with Crippen molar-refractivity contribution in [2.75, 3.05) is 6.54 Å². The van der Waals surface area contributed by atoms with Gasteiger partial charge >= 0.3 is 0 Å². The van der Waals surface area contributed by atoms with Crippen LogP contribution in [-0.2, 0) is 6.42 Å². The Hall–Kier alpha value is -0.410. The first-order valence-corrected chi connectivity index (χ1v) is 8.10. The van der Waals surface area contributed by atoms with Crippen molar-refractivity contribution in [1.82, 2.24) is 10.3 Å². The van der Waals surface area contributed by atoms with E-state index in [9.17, 15) is 0 Å². The number of thiazole rings is 1. The monoisotopic (exact) mass is 266 g/mol. The number of rotatable bonds is 4. The number of hydrogen-bond acceptors (Lipinski definition) is 3. The molecule has 0 saturated heterocycles. The Morgan fingerprint density at radius 3 is 2.56 bits per heavy atom. The summed E-state index contributed by atoms with van der Waals surface area (Å²) in [5.41, 5.74) is 3.64. The first-order chi connectivity index (χ1) is 8.55. The van der Waals surface area contributed by atoms with Crippen LogP contribution in [0.3, 0.4) is 0 Å². The van der Waals surface area contributed by atoms with Crippen molar-refractivity contribution in [2.45, 2.75) is 58.9 Å². The predicted octanol–water partition coefficient (Wildman–Crippen LogP) is 3.88. The summed E-state index contributed by atoms with van der Waals surface area (Å²) in [5.74, 6) is 0.911. The van der Waals surface area contributed by atoms with E-state index in [0.717, 1.165) is 24.9 Å². The fourth-order valence-corrected chi connectivity index (χ4v) is 3.52. The zero-order valence-corrected chi connectivity index (χ0v) is 12.7. The van der Waals surface area contributed by atoms with E-state index in [2.05, 4.69) is 36.5 Å². The molecule has 2 nitrogen and oxygen atoms in total. The lowest BCUT2D eigenvalue weighted by atomic mass is 9.71. The van der Waals surface area contributed by atoms with Crippen molar-refractivity contribution in [3.63, 3.8) is 0 Å². The molecule has 0 aromatic carbocycles. The molecule has 1 aliphatic carbocycles. The summed E-state index contributed by atoms with van der Waals surface area (Å²) < 4.78 is 0. The van der Waals surface area contributed by atoms with Gasteiger partial charge in [0.15, 0.2) is 0 Å². The largest absolute Gasteiger partial charge is 0.314 e.